The smallest absolute Gasteiger partial charge is 0.110 e. The Balaban J connectivity index is 1.91. The Morgan fingerprint density at radius 1 is 0.733 bits per heavy atom. The van der Waals surface area contributed by atoms with Gasteiger partial charge in [0.25, 0.3) is 0 Å². The fourth-order valence-corrected chi connectivity index (χ4v) is 4.05. The standard InChI is InChI=1S/C28H30N2/c1-20-15-17-23(18-16-20)26-24(21-11-7-5-8-12-21)19-25(22-13-9-6-10-14-22)29-27(26)30-28(2,3)4/h5-19,24,26H,1-4H3,(H,29,30). The molecule has 0 saturated heterocycles. The summed E-state index contributed by atoms with van der Waals surface area (Å²) in [6.07, 6.45) is 2.37. The Kier molecular flexibility index (Phi) is 5.59. The molecule has 1 heterocycles. The van der Waals surface area contributed by atoms with Crippen LogP contribution in [0.1, 0.15) is 54.9 Å². The van der Waals surface area contributed by atoms with E-state index in [4.69, 9.17) is 4.99 Å². The minimum atomic E-state index is -0.175. The minimum absolute atomic E-state index is 0.139. The molecule has 0 aliphatic carbocycles. The number of benzene rings is 3. The number of hydrogen-bond acceptors (Lipinski definition) is 1. The molecule has 30 heavy (non-hydrogen) atoms. The lowest BCUT2D eigenvalue weighted by molar-refractivity contribution is 0.571. The maximum Gasteiger partial charge on any atom is 0.110 e. The molecule has 3 aromatic rings. The monoisotopic (exact) mass is 394 g/mol. The topological polar surface area (TPSA) is 24.4 Å². The fourth-order valence-electron chi connectivity index (χ4n) is 4.05. The highest BCUT2D eigenvalue weighted by Gasteiger charge is 2.33. The van der Waals surface area contributed by atoms with Crippen LogP contribution in [0.3, 0.4) is 0 Å². The molecule has 0 aromatic heterocycles. The van der Waals surface area contributed by atoms with E-state index < -0.39 is 0 Å². The van der Waals surface area contributed by atoms with E-state index in [1.165, 1.54) is 22.3 Å². The van der Waals surface area contributed by atoms with Gasteiger partial charge in [0.05, 0.1) is 11.5 Å². The summed E-state index contributed by atoms with van der Waals surface area (Å²) < 4.78 is 0. The summed E-state index contributed by atoms with van der Waals surface area (Å²) in [5, 5.41) is 3.70. The Labute approximate surface area is 180 Å². The third-order valence-corrected chi connectivity index (χ3v) is 5.42. The van der Waals surface area contributed by atoms with Crippen LogP contribution >= 0.6 is 0 Å². The van der Waals surface area contributed by atoms with Gasteiger partial charge in [-0.3, -0.25) is 4.99 Å². The van der Waals surface area contributed by atoms with Crippen molar-refractivity contribution >= 4 is 11.5 Å². The van der Waals surface area contributed by atoms with E-state index in [1.807, 2.05) is 0 Å². The zero-order valence-corrected chi connectivity index (χ0v) is 18.3. The molecule has 4 rings (SSSR count). The SMILES string of the molecule is Cc1ccc(C2C(=NC(C)(C)C)NC(c3ccccc3)=CC2c2ccccc2)cc1. The molecule has 3 aromatic carbocycles. The lowest BCUT2D eigenvalue weighted by Crippen LogP contribution is -2.38. The second kappa shape index (κ2) is 8.31. The van der Waals surface area contributed by atoms with Gasteiger partial charge in [0, 0.05) is 11.6 Å². The predicted octanol–water partition coefficient (Wildman–Crippen LogP) is 6.70. The Bertz CT molecular complexity index is 1040. The summed E-state index contributed by atoms with van der Waals surface area (Å²) in [6, 6.07) is 30.2. The van der Waals surface area contributed by atoms with E-state index in [0.717, 1.165) is 11.5 Å². The van der Waals surface area contributed by atoms with Crippen molar-refractivity contribution < 1.29 is 0 Å². The van der Waals surface area contributed by atoms with Crippen LogP contribution in [-0.4, -0.2) is 11.4 Å². The highest BCUT2D eigenvalue weighted by molar-refractivity contribution is 5.99. The van der Waals surface area contributed by atoms with Crippen LogP contribution in [0.15, 0.2) is 96.0 Å². The summed E-state index contributed by atoms with van der Waals surface area (Å²) in [7, 11) is 0. The molecule has 0 amide bonds. The van der Waals surface area contributed by atoms with Gasteiger partial charge in [-0.05, 0) is 44.4 Å². The maximum atomic E-state index is 5.16. The van der Waals surface area contributed by atoms with Gasteiger partial charge in [0.15, 0.2) is 0 Å². The number of aryl methyl sites for hydroxylation is 1. The van der Waals surface area contributed by atoms with Crippen molar-refractivity contribution in [2.24, 2.45) is 4.99 Å². The minimum Gasteiger partial charge on any atom is -0.343 e. The molecular weight excluding hydrogens is 364 g/mol. The highest BCUT2D eigenvalue weighted by Crippen LogP contribution is 2.40. The third-order valence-electron chi connectivity index (χ3n) is 5.42. The maximum absolute atomic E-state index is 5.16. The van der Waals surface area contributed by atoms with Gasteiger partial charge in [-0.15, -0.1) is 0 Å². The van der Waals surface area contributed by atoms with Crippen LogP contribution in [0, 0.1) is 6.92 Å². The molecule has 1 N–H and O–H groups in total. The van der Waals surface area contributed by atoms with Crippen LogP contribution in [0.2, 0.25) is 0 Å². The molecule has 0 bridgehead atoms. The Morgan fingerprint density at radius 2 is 1.33 bits per heavy atom. The number of hydrogen-bond donors (Lipinski definition) is 1. The first-order chi connectivity index (χ1) is 14.4. The van der Waals surface area contributed by atoms with Gasteiger partial charge in [-0.25, -0.2) is 0 Å². The van der Waals surface area contributed by atoms with Gasteiger partial charge < -0.3 is 5.32 Å². The number of allylic oxidation sites excluding steroid dienone is 1. The molecule has 2 nitrogen and oxygen atoms in total. The Hall–Kier alpha value is -3.13. The van der Waals surface area contributed by atoms with Crippen LogP contribution < -0.4 is 5.32 Å². The van der Waals surface area contributed by atoms with Crippen molar-refractivity contribution in [3.8, 4) is 0 Å². The summed E-state index contributed by atoms with van der Waals surface area (Å²) in [5.41, 5.74) is 5.99. The summed E-state index contributed by atoms with van der Waals surface area (Å²) >= 11 is 0. The highest BCUT2D eigenvalue weighted by atomic mass is 15.0. The van der Waals surface area contributed by atoms with Crippen LogP contribution in [0.5, 0.6) is 0 Å². The average Bonchev–Trinajstić information content (AvgIpc) is 2.74. The van der Waals surface area contributed by atoms with E-state index in [0.29, 0.717) is 0 Å². The molecular formula is C28H30N2. The zero-order valence-electron chi connectivity index (χ0n) is 18.3. The quantitative estimate of drug-likeness (QED) is 0.525. The van der Waals surface area contributed by atoms with E-state index in [1.54, 1.807) is 0 Å². The number of amidine groups is 1. The first-order valence-corrected chi connectivity index (χ1v) is 10.7. The summed E-state index contributed by atoms with van der Waals surface area (Å²) in [4.78, 5) is 5.16. The molecule has 0 radical (unpaired) electrons. The summed E-state index contributed by atoms with van der Waals surface area (Å²) in [5.74, 6) is 1.37. The predicted molar refractivity (Wildman–Crippen MR) is 128 cm³/mol. The number of nitrogens with one attached hydrogen (secondary N) is 1. The molecule has 1 aliphatic rings. The van der Waals surface area contributed by atoms with Gasteiger partial charge in [0.1, 0.15) is 5.84 Å². The molecule has 0 saturated carbocycles. The van der Waals surface area contributed by atoms with Crippen LogP contribution in [-0.2, 0) is 0 Å². The molecule has 0 spiro atoms. The van der Waals surface area contributed by atoms with E-state index >= 15 is 0 Å². The van der Waals surface area contributed by atoms with Crippen molar-refractivity contribution in [3.05, 3.63) is 113 Å². The van der Waals surface area contributed by atoms with Gasteiger partial charge in [0.2, 0.25) is 0 Å². The van der Waals surface area contributed by atoms with Gasteiger partial charge >= 0.3 is 0 Å². The second-order valence-electron chi connectivity index (χ2n) is 9.06. The van der Waals surface area contributed by atoms with Crippen molar-refractivity contribution in [2.75, 3.05) is 0 Å². The van der Waals surface area contributed by atoms with Gasteiger partial charge in [-0.1, -0.05) is 96.6 Å². The molecule has 2 heteroatoms. The van der Waals surface area contributed by atoms with Crippen molar-refractivity contribution in [3.63, 3.8) is 0 Å². The Morgan fingerprint density at radius 3 is 1.93 bits per heavy atom. The van der Waals surface area contributed by atoms with Crippen LogP contribution in [0.25, 0.3) is 5.70 Å². The lowest BCUT2D eigenvalue weighted by Gasteiger charge is -2.35. The molecule has 1 aliphatic heterocycles. The molecule has 152 valence electrons. The first kappa shape index (κ1) is 20.2. The zero-order chi connectivity index (χ0) is 21.1. The summed E-state index contributed by atoms with van der Waals surface area (Å²) in [6.45, 7) is 8.61. The average molecular weight is 395 g/mol. The molecule has 2 atom stereocenters. The van der Waals surface area contributed by atoms with E-state index in [-0.39, 0.29) is 17.4 Å². The molecule has 2 unspecified atom stereocenters. The number of aliphatic imine (C=N–C) groups is 1. The van der Waals surface area contributed by atoms with Gasteiger partial charge in [-0.2, -0.15) is 0 Å². The van der Waals surface area contributed by atoms with Crippen LogP contribution in [0.4, 0.5) is 0 Å². The molecule has 0 fully saturated rings. The number of rotatable bonds is 3. The first-order valence-electron chi connectivity index (χ1n) is 10.7. The van der Waals surface area contributed by atoms with Crippen molar-refractivity contribution in [2.45, 2.75) is 45.1 Å². The van der Waals surface area contributed by atoms with Crippen molar-refractivity contribution in [1.29, 1.82) is 0 Å². The second-order valence-corrected chi connectivity index (χ2v) is 9.06. The number of nitrogens with zero attached hydrogens (tertiary/aromatic N) is 1. The largest absolute Gasteiger partial charge is 0.343 e. The third kappa shape index (κ3) is 4.54. The van der Waals surface area contributed by atoms with E-state index in [2.05, 4.69) is 124 Å². The van der Waals surface area contributed by atoms with E-state index in [9.17, 15) is 0 Å². The lowest BCUT2D eigenvalue weighted by atomic mass is 9.77. The van der Waals surface area contributed by atoms with Crippen molar-refractivity contribution in [1.82, 2.24) is 5.32 Å². The fraction of sp³-hybridized carbons (Fsp3) is 0.250. The normalized spacial score (nSPS) is 20.5.